The maximum atomic E-state index is 11.7. The van der Waals surface area contributed by atoms with E-state index in [4.69, 9.17) is 4.74 Å². The zero-order valence-electron chi connectivity index (χ0n) is 9.06. The summed E-state index contributed by atoms with van der Waals surface area (Å²) in [7, 11) is 1.66. The van der Waals surface area contributed by atoms with Crippen LogP contribution in [0.1, 0.15) is 19.8 Å². The van der Waals surface area contributed by atoms with Crippen molar-refractivity contribution >= 4 is 5.78 Å². The van der Waals surface area contributed by atoms with Gasteiger partial charge < -0.3 is 9.84 Å². The fourth-order valence-corrected chi connectivity index (χ4v) is 4.21. The summed E-state index contributed by atoms with van der Waals surface area (Å²) in [5.74, 6) is 0.320. The van der Waals surface area contributed by atoms with E-state index in [1.54, 1.807) is 13.2 Å². The van der Waals surface area contributed by atoms with Crippen molar-refractivity contribution in [2.75, 3.05) is 7.11 Å². The van der Waals surface area contributed by atoms with E-state index >= 15 is 0 Å². The van der Waals surface area contributed by atoms with Gasteiger partial charge in [-0.2, -0.15) is 0 Å². The van der Waals surface area contributed by atoms with Crippen LogP contribution in [0.4, 0.5) is 0 Å². The summed E-state index contributed by atoms with van der Waals surface area (Å²) in [6.45, 7) is 2.05. The number of hydrogen-bond acceptors (Lipinski definition) is 3. The van der Waals surface area contributed by atoms with Crippen LogP contribution in [-0.4, -0.2) is 29.7 Å². The van der Waals surface area contributed by atoms with Crippen LogP contribution in [-0.2, 0) is 9.53 Å². The van der Waals surface area contributed by atoms with Gasteiger partial charge in [-0.25, -0.2) is 0 Å². The second-order valence-electron chi connectivity index (χ2n) is 5.20. The fourth-order valence-electron chi connectivity index (χ4n) is 4.21. The molecule has 5 atom stereocenters. The predicted molar refractivity (Wildman–Crippen MR) is 54.2 cm³/mol. The van der Waals surface area contributed by atoms with Crippen LogP contribution in [0.3, 0.4) is 0 Å². The van der Waals surface area contributed by atoms with Gasteiger partial charge in [-0.3, -0.25) is 4.79 Å². The first kappa shape index (κ1) is 9.55. The minimum absolute atomic E-state index is 0.0374. The van der Waals surface area contributed by atoms with Gasteiger partial charge in [-0.1, -0.05) is 13.0 Å². The highest BCUT2D eigenvalue weighted by atomic mass is 16.5. The van der Waals surface area contributed by atoms with Gasteiger partial charge >= 0.3 is 0 Å². The zero-order valence-corrected chi connectivity index (χ0v) is 9.06. The maximum Gasteiger partial charge on any atom is 0.161 e. The van der Waals surface area contributed by atoms with Gasteiger partial charge in [-0.05, 0) is 18.9 Å². The monoisotopic (exact) mass is 208 g/mol. The molecule has 0 spiro atoms. The second kappa shape index (κ2) is 2.53. The Kier molecular flexibility index (Phi) is 1.61. The standard InChI is InChI=1S/C12H16O3/c1-11-7-3-4-8(13)10(7)12(11,15-2)6-5-9(11)14/h3-4,7,9-10,14H,5-6H2,1-2H3/t7-,9-,10-,11-,12+/m1/s1. The minimum atomic E-state index is -0.405. The fraction of sp³-hybridized carbons (Fsp3) is 0.750. The van der Waals surface area contributed by atoms with Gasteiger partial charge in [0.05, 0.1) is 17.6 Å². The lowest BCUT2D eigenvalue weighted by Gasteiger charge is -2.62. The average molecular weight is 208 g/mol. The molecule has 0 aliphatic heterocycles. The quantitative estimate of drug-likeness (QED) is 0.697. The summed E-state index contributed by atoms with van der Waals surface area (Å²) in [5.41, 5.74) is -0.660. The first-order chi connectivity index (χ1) is 7.08. The van der Waals surface area contributed by atoms with Crippen molar-refractivity contribution in [1.29, 1.82) is 0 Å². The molecule has 15 heavy (non-hydrogen) atoms. The van der Waals surface area contributed by atoms with Gasteiger partial charge in [0.1, 0.15) is 0 Å². The number of rotatable bonds is 1. The average Bonchev–Trinajstić information content (AvgIpc) is 2.66. The van der Waals surface area contributed by atoms with Crippen LogP contribution >= 0.6 is 0 Å². The summed E-state index contributed by atoms with van der Waals surface area (Å²) in [6.07, 6.45) is 4.83. The van der Waals surface area contributed by atoms with Crippen LogP contribution in [0.15, 0.2) is 12.2 Å². The lowest BCUT2D eigenvalue weighted by atomic mass is 9.46. The van der Waals surface area contributed by atoms with E-state index in [-0.39, 0.29) is 29.1 Å². The Labute approximate surface area is 89.1 Å². The number of hydrogen-bond donors (Lipinski definition) is 1. The molecule has 3 aliphatic carbocycles. The molecule has 0 bridgehead atoms. The van der Waals surface area contributed by atoms with Crippen LogP contribution in [0, 0.1) is 17.3 Å². The zero-order chi connectivity index (χ0) is 10.8. The largest absolute Gasteiger partial charge is 0.392 e. The summed E-state index contributed by atoms with van der Waals surface area (Å²) in [6, 6.07) is 0. The van der Waals surface area contributed by atoms with Gasteiger partial charge in [-0.15, -0.1) is 0 Å². The van der Waals surface area contributed by atoms with E-state index < -0.39 is 5.60 Å². The molecule has 0 saturated heterocycles. The Hall–Kier alpha value is -0.670. The van der Waals surface area contributed by atoms with Crippen LogP contribution in [0.25, 0.3) is 0 Å². The number of fused-ring (bicyclic) bond motifs is 4. The third kappa shape index (κ3) is 0.733. The number of methoxy groups -OCH3 is 1. The van der Waals surface area contributed by atoms with E-state index in [0.29, 0.717) is 0 Å². The number of aliphatic hydroxyl groups is 1. The SMILES string of the molecule is CO[C@]12CC[C@@H](O)[C@@]1(C)[C@@H]1C=CC(=O)[C@@H]12. The molecule has 0 unspecified atom stereocenters. The molecule has 0 amide bonds. The number of carbonyl (C=O) groups is 1. The summed E-state index contributed by atoms with van der Waals surface area (Å²) in [5, 5.41) is 10.1. The molecular weight excluding hydrogens is 192 g/mol. The lowest BCUT2D eigenvalue weighted by Crippen LogP contribution is -2.70. The lowest BCUT2D eigenvalue weighted by molar-refractivity contribution is -0.248. The molecule has 82 valence electrons. The molecule has 0 aromatic carbocycles. The van der Waals surface area contributed by atoms with Crippen LogP contribution in [0.2, 0.25) is 0 Å². The molecule has 0 aromatic rings. The first-order valence-corrected chi connectivity index (χ1v) is 5.53. The van der Waals surface area contributed by atoms with E-state index in [1.165, 1.54) is 0 Å². The first-order valence-electron chi connectivity index (χ1n) is 5.53. The smallest absolute Gasteiger partial charge is 0.161 e. The molecule has 2 saturated carbocycles. The summed E-state index contributed by atoms with van der Waals surface area (Å²) >= 11 is 0. The van der Waals surface area contributed by atoms with E-state index in [9.17, 15) is 9.90 Å². The Morgan fingerprint density at radius 1 is 1.60 bits per heavy atom. The molecule has 3 heteroatoms. The highest BCUT2D eigenvalue weighted by Gasteiger charge is 2.77. The molecule has 3 nitrogen and oxygen atoms in total. The van der Waals surface area contributed by atoms with Gasteiger partial charge in [0.15, 0.2) is 5.78 Å². The van der Waals surface area contributed by atoms with Crippen molar-refractivity contribution < 1.29 is 14.6 Å². The van der Waals surface area contributed by atoms with E-state index in [0.717, 1.165) is 12.8 Å². The molecule has 0 heterocycles. The number of ketones is 1. The third-order valence-electron chi connectivity index (χ3n) is 5.09. The predicted octanol–water partition coefficient (Wildman–Crippen LogP) is 0.917. The van der Waals surface area contributed by atoms with Crippen LogP contribution in [0.5, 0.6) is 0 Å². The van der Waals surface area contributed by atoms with Crippen molar-refractivity contribution in [2.45, 2.75) is 31.5 Å². The normalized spacial score (nSPS) is 56.5. The van der Waals surface area contributed by atoms with E-state index in [1.807, 2.05) is 6.08 Å². The topological polar surface area (TPSA) is 46.5 Å². The Morgan fingerprint density at radius 3 is 3.00 bits per heavy atom. The molecular formula is C12H16O3. The molecule has 1 N–H and O–H groups in total. The summed E-state index contributed by atoms with van der Waals surface area (Å²) in [4.78, 5) is 11.7. The molecule has 2 fully saturated rings. The minimum Gasteiger partial charge on any atom is -0.392 e. The van der Waals surface area contributed by atoms with Gasteiger partial charge in [0, 0.05) is 18.4 Å². The Balaban J connectivity index is 2.09. The van der Waals surface area contributed by atoms with Crippen molar-refractivity contribution in [3.8, 4) is 0 Å². The van der Waals surface area contributed by atoms with Gasteiger partial charge in [0.25, 0.3) is 0 Å². The number of carbonyl (C=O) groups excluding carboxylic acids is 1. The number of ether oxygens (including phenoxy) is 1. The summed E-state index contributed by atoms with van der Waals surface area (Å²) < 4.78 is 5.63. The number of allylic oxidation sites excluding steroid dienone is 2. The Bertz CT molecular complexity index is 362. The van der Waals surface area contributed by atoms with Crippen molar-refractivity contribution in [2.24, 2.45) is 17.3 Å². The third-order valence-corrected chi connectivity index (χ3v) is 5.09. The van der Waals surface area contributed by atoms with Crippen molar-refractivity contribution in [1.82, 2.24) is 0 Å². The molecule has 3 aliphatic rings. The van der Waals surface area contributed by atoms with E-state index in [2.05, 4.69) is 6.92 Å². The van der Waals surface area contributed by atoms with Crippen molar-refractivity contribution in [3.05, 3.63) is 12.2 Å². The second-order valence-corrected chi connectivity index (χ2v) is 5.20. The molecule has 0 radical (unpaired) electrons. The van der Waals surface area contributed by atoms with Crippen molar-refractivity contribution in [3.63, 3.8) is 0 Å². The molecule has 3 rings (SSSR count). The Morgan fingerprint density at radius 2 is 2.33 bits per heavy atom. The number of aliphatic hydroxyl groups excluding tert-OH is 1. The maximum absolute atomic E-state index is 11.7. The van der Waals surface area contributed by atoms with Gasteiger partial charge in [0.2, 0.25) is 0 Å². The molecule has 0 aromatic heterocycles. The van der Waals surface area contributed by atoms with Crippen LogP contribution < -0.4 is 0 Å². The highest BCUT2D eigenvalue weighted by molar-refractivity contribution is 5.97. The highest BCUT2D eigenvalue weighted by Crippen LogP contribution is 2.70.